The van der Waals surface area contributed by atoms with Gasteiger partial charge in [-0.25, -0.2) is 0 Å². The summed E-state index contributed by atoms with van der Waals surface area (Å²) in [5.74, 6) is 0. The van der Waals surface area contributed by atoms with Crippen molar-refractivity contribution in [3.05, 3.63) is 45.5 Å². The van der Waals surface area contributed by atoms with Crippen LogP contribution in [-0.4, -0.2) is 18.5 Å². The molecule has 1 atom stereocenters. The second kappa shape index (κ2) is 4.72. The lowest BCUT2D eigenvalue weighted by Crippen LogP contribution is -2.24. The summed E-state index contributed by atoms with van der Waals surface area (Å²) in [5.41, 5.74) is 2.11. The van der Waals surface area contributed by atoms with E-state index in [2.05, 4.69) is 5.32 Å². The van der Waals surface area contributed by atoms with Gasteiger partial charge < -0.3 is 5.32 Å². The van der Waals surface area contributed by atoms with Gasteiger partial charge in [-0.1, -0.05) is 29.8 Å². The maximum absolute atomic E-state index is 10.4. The third-order valence-corrected chi connectivity index (χ3v) is 2.16. The van der Waals surface area contributed by atoms with Crippen molar-refractivity contribution in [3.63, 3.8) is 0 Å². The number of nitrogens with zero attached hydrogens (tertiary/aromatic N) is 1. The lowest BCUT2D eigenvalue weighted by atomic mass is 10.1. The average Bonchev–Trinajstić information content (AvgIpc) is 2.15. The van der Waals surface area contributed by atoms with Gasteiger partial charge in [-0.2, -0.15) is 0 Å². The first-order valence-corrected chi connectivity index (χ1v) is 4.49. The molecule has 0 radical (unpaired) electrons. The number of nitrogens with one attached hydrogen (secondary N) is 1. The number of nitro groups is 1. The van der Waals surface area contributed by atoms with Crippen molar-refractivity contribution in [2.45, 2.75) is 13.0 Å². The van der Waals surface area contributed by atoms with E-state index in [0.717, 1.165) is 11.1 Å². The van der Waals surface area contributed by atoms with Crippen LogP contribution in [0.25, 0.3) is 0 Å². The molecule has 0 spiro atoms. The molecule has 1 N–H and O–H groups in total. The predicted molar refractivity (Wildman–Crippen MR) is 54.8 cm³/mol. The van der Waals surface area contributed by atoms with E-state index in [9.17, 15) is 10.1 Å². The molecule has 0 aliphatic rings. The molecule has 0 aromatic heterocycles. The third-order valence-electron chi connectivity index (χ3n) is 2.16. The molecule has 0 saturated heterocycles. The van der Waals surface area contributed by atoms with Crippen molar-refractivity contribution in [2.24, 2.45) is 0 Å². The SMILES string of the molecule is CNC(C[N+](=O)[O-])c1ccc(C)cc1. The molecular weight excluding hydrogens is 180 g/mol. The minimum Gasteiger partial charge on any atom is -0.308 e. The maximum atomic E-state index is 10.4. The highest BCUT2D eigenvalue weighted by Crippen LogP contribution is 2.13. The third kappa shape index (κ3) is 2.81. The van der Waals surface area contributed by atoms with Crippen LogP contribution < -0.4 is 5.32 Å². The molecule has 0 aliphatic heterocycles. The van der Waals surface area contributed by atoms with Crippen molar-refractivity contribution in [2.75, 3.05) is 13.6 Å². The fourth-order valence-electron chi connectivity index (χ4n) is 1.31. The Labute approximate surface area is 83.1 Å². The van der Waals surface area contributed by atoms with Gasteiger partial charge >= 0.3 is 0 Å². The Morgan fingerprint density at radius 2 is 2.00 bits per heavy atom. The number of hydrogen-bond acceptors (Lipinski definition) is 3. The predicted octanol–water partition coefficient (Wildman–Crippen LogP) is 1.53. The van der Waals surface area contributed by atoms with E-state index in [1.807, 2.05) is 31.2 Å². The lowest BCUT2D eigenvalue weighted by Gasteiger charge is -2.11. The highest BCUT2D eigenvalue weighted by molar-refractivity contribution is 5.24. The van der Waals surface area contributed by atoms with Gasteiger partial charge in [0.05, 0.1) is 6.04 Å². The smallest absolute Gasteiger partial charge is 0.223 e. The second-order valence-corrected chi connectivity index (χ2v) is 3.27. The summed E-state index contributed by atoms with van der Waals surface area (Å²) in [4.78, 5) is 10.1. The van der Waals surface area contributed by atoms with Crippen LogP contribution in [0.15, 0.2) is 24.3 Å². The molecule has 0 amide bonds. The van der Waals surface area contributed by atoms with Crippen LogP contribution in [0.1, 0.15) is 17.2 Å². The number of benzene rings is 1. The molecule has 1 aromatic carbocycles. The molecule has 1 rings (SSSR count). The van der Waals surface area contributed by atoms with Gasteiger partial charge in [0.25, 0.3) is 0 Å². The largest absolute Gasteiger partial charge is 0.308 e. The van der Waals surface area contributed by atoms with E-state index in [1.54, 1.807) is 7.05 Å². The van der Waals surface area contributed by atoms with Crippen molar-refractivity contribution in [1.82, 2.24) is 5.32 Å². The quantitative estimate of drug-likeness (QED) is 0.584. The Morgan fingerprint density at radius 1 is 1.43 bits per heavy atom. The lowest BCUT2D eigenvalue weighted by molar-refractivity contribution is -0.484. The summed E-state index contributed by atoms with van der Waals surface area (Å²) in [5, 5.41) is 13.3. The Kier molecular flexibility index (Phi) is 3.59. The van der Waals surface area contributed by atoms with Crippen LogP contribution in [0.2, 0.25) is 0 Å². The molecule has 0 fully saturated rings. The van der Waals surface area contributed by atoms with E-state index in [0.29, 0.717) is 0 Å². The average molecular weight is 194 g/mol. The number of rotatable bonds is 4. The molecule has 14 heavy (non-hydrogen) atoms. The number of likely N-dealkylation sites (N-methyl/N-ethyl adjacent to an activating group) is 1. The Bertz CT molecular complexity index is 308. The summed E-state index contributed by atoms with van der Waals surface area (Å²) in [7, 11) is 1.73. The summed E-state index contributed by atoms with van der Waals surface area (Å²) in [6.07, 6.45) is 0. The fraction of sp³-hybridized carbons (Fsp3) is 0.400. The molecule has 0 bridgehead atoms. The first-order chi connectivity index (χ1) is 6.63. The fourth-order valence-corrected chi connectivity index (χ4v) is 1.31. The Balaban J connectivity index is 2.78. The van der Waals surface area contributed by atoms with E-state index in [-0.39, 0.29) is 17.5 Å². The standard InChI is InChI=1S/C10H14N2O2/c1-8-3-5-9(6-4-8)10(11-2)7-12(13)14/h3-6,10-11H,7H2,1-2H3. The summed E-state index contributed by atoms with van der Waals surface area (Å²) in [6, 6.07) is 7.55. The van der Waals surface area contributed by atoms with Crippen molar-refractivity contribution >= 4 is 0 Å². The van der Waals surface area contributed by atoms with Gasteiger partial charge in [-0.15, -0.1) is 0 Å². The molecular formula is C10H14N2O2. The van der Waals surface area contributed by atoms with Crippen LogP contribution in [0.5, 0.6) is 0 Å². The van der Waals surface area contributed by atoms with Crippen molar-refractivity contribution in [1.29, 1.82) is 0 Å². The van der Waals surface area contributed by atoms with Crippen LogP contribution in [0.4, 0.5) is 0 Å². The normalized spacial score (nSPS) is 12.4. The van der Waals surface area contributed by atoms with E-state index >= 15 is 0 Å². The van der Waals surface area contributed by atoms with E-state index in [1.165, 1.54) is 0 Å². The monoisotopic (exact) mass is 194 g/mol. The molecule has 1 unspecified atom stereocenters. The van der Waals surface area contributed by atoms with E-state index in [4.69, 9.17) is 0 Å². The Morgan fingerprint density at radius 3 is 2.43 bits per heavy atom. The molecule has 4 heteroatoms. The first-order valence-electron chi connectivity index (χ1n) is 4.49. The van der Waals surface area contributed by atoms with Gasteiger partial charge in [0.2, 0.25) is 6.54 Å². The van der Waals surface area contributed by atoms with Gasteiger partial charge in [-0.05, 0) is 19.5 Å². The number of aryl methyl sites for hydroxylation is 1. The van der Waals surface area contributed by atoms with Crippen molar-refractivity contribution < 1.29 is 4.92 Å². The summed E-state index contributed by atoms with van der Waals surface area (Å²) in [6.45, 7) is 1.91. The maximum Gasteiger partial charge on any atom is 0.223 e. The molecule has 4 nitrogen and oxygen atoms in total. The van der Waals surface area contributed by atoms with Crippen molar-refractivity contribution in [3.8, 4) is 0 Å². The van der Waals surface area contributed by atoms with Crippen LogP contribution in [0, 0.1) is 17.0 Å². The van der Waals surface area contributed by atoms with Crippen LogP contribution >= 0.6 is 0 Å². The second-order valence-electron chi connectivity index (χ2n) is 3.27. The molecule has 0 heterocycles. The molecule has 0 saturated carbocycles. The summed E-state index contributed by atoms with van der Waals surface area (Å²) >= 11 is 0. The minimum atomic E-state index is -0.305. The topological polar surface area (TPSA) is 55.2 Å². The van der Waals surface area contributed by atoms with Gasteiger partial charge in [-0.3, -0.25) is 10.1 Å². The van der Waals surface area contributed by atoms with E-state index < -0.39 is 0 Å². The Hall–Kier alpha value is -1.42. The van der Waals surface area contributed by atoms with Crippen LogP contribution in [0.3, 0.4) is 0 Å². The van der Waals surface area contributed by atoms with Gasteiger partial charge in [0.15, 0.2) is 0 Å². The highest BCUT2D eigenvalue weighted by Gasteiger charge is 2.14. The van der Waals surface area contributed by atoms with Crippen LogP contribution in [-0.2, 0) is 0 Å². The molecule has 0 aliphatic carbocycles. The highest BCUT2D eigenvalue weighted by atomic mass is 16.6. The van der Waals surface area contributed by atoms with Gasteiger partial charge in [0.1, 0.15) is 0 Å². The number of hydrogen-bond donors (Lipinski definition) is 1. The van der Waals surface area contributed by atoms with Gasteiger partial charge in [0, 0.05) is 4.92 Å². The zero-order valence-electron chi connectivity index (χ0n) is 8.36. The zero-order valence-corrected chi connectivity index (χ0v) is 8.36. The summed E-state index contributed by atoms with van der Waals surface area (Å²) < 4.78 is 0. The molecule has 1 aromatic rings. The zero-order chi connectivity index (χ0) is 10.6. The molecule has 76 valence electrons. The first kappa shape index (κ1) is 10.7. The minimum absolute atomic E-state index is 0.0838.